The van der Waals surface area contributed by atoms with Crippen molar-refractivity contribution in [3.63, 3.8) is 0 Å². The third-order valence-corrected chi connectivity index (χ3v) is 5.48. The Kier molecular flexibility index (Phi) is 8.98. The van der Waals surface area contributed by atoms with E-state index in [1.807, 2.05) is 68.4 Å². The Morgan fingerprint density at radius 2 is 1.62 bits per heavy atom. The molecule has 0 atom stereocenters. The van der Waals surface area contributed by atoms with Gasteiger partial charge >= 0.3 is 0 Å². The molecule has 0 spiro atoms. The zero-order chi connectivity index (χ0) is 24.5. The molecule has 0 aromatic heterocycles. The lowest BCUT2D eigenvalue weighted by atomic mass is 10.1. The lowest BCUT2D eigenvalue weighted by molar-refractivity contribution is -0.117. The normalized spacial score (nSPS) is 11.0. The van der Waals surface area contributed by atoms with Crippen LogP contribution in [-0.2, 0) is 11.3 Å². The van der Waals surface area contributed by atoms with Crippen molar-refractivity contribution in [3.05, 3.63) is 98.5 Å². The van der Waals surface area contributed by atoms with Crippen molar-refractivity contribution in [2.24, 2.45) is 0 Å². The molecule has 34 heavy (non-hydrogen) atoms. The van der Waals surface area contributed by atoms with Crippen molar-refractivity contribution in [2.45, 2.75) is 20.4 Å². The molecule has 0 aliphatic heterocycles. The lowest BCUT2D eigenvalue weighted by Crippen LogP contribution is -2.23. The van der Waals surface area contributed by atoms with Gasteiger partial charge in [-0.25, -0.2) is 0 Å². The summed E-state index contributed by atoms with van der Waals surface area (Å²) in [6.45, 7) is 4.76. The molecule has 3 rings (SSSR count). The van der Waals surface area contributed by atoms with Crippen LogP contribution in [0.15, 0.2) is 66.2 Å². The molecule has 1 amide bonds. The molecule has 0 saturated heterocycles. The molecule has 0 fully saturated rings. The molecule has 5 nitrogen and oxygen atoms in total. The number of benzene rings is 3. The Bertz CT molecular complexity index is 1210. The fourth-order valence-corrected chi connectivity index (χ4v) is 3.90. The fraction of sp³-hybridized carbons (Fsp3) is 0.185. The van der Waals surface area contributed by atoms with Crippen LogP contribution in [-0.4, -0.2) is 19.1 Å². The van der Waals surface area contributed by atoms with E-state index in [2.05, 4.69) is 5.32 Å². The molecule has 3 aromatic carbocycles. The summed E-state index contributed by atoms with van der Waals surface area (Å²) >= 11 is 12.5. The summed E-state index contributed by atoms with van der Waals surface area (Å²) in [4.78, 5) is 12.6. The monoisotopic (exact) mass is 494 g/mol. The summed E-state index contributed by atoms with van der Waals surface area (Å²) in [6, 6.07) is 20.4. The van der Waals surface area contributed by atoms with E-state index in [1.54, 1.807) is 12.1 Å². The lowest BCUT2D eigenvalue weighted by Gasteiger charge is -2.15. The molecule has 0 saturated carbocycles. The standard InChI is InChI=1S/C27H24Cl2N2O3/c1-18-7-6-8-19(2)25(18)33-11-12-34-26-21(14-23(28)15-24(26)29)13-22(16-30)27(32)31-17-20-9-4-3-5-10-20/h3-10,13-15H,11-12,17H2,1-2H3,(H,31,32)/b22-13+. The Morgan fingerprint density at radius 1 is 0.971 bits per heavy atom. The molecule has 3 aromatic rings. The van der Waals surface area contributed by atoms with Gasteiger partial charge in [-0.3, -0.25) is 4.79 Å². The van der Waals surface area contributed by atoms with Crippen molar-refractivity contribution in [2.75, 3.05) is 13.2 Å². The second kappa shape index (κ2) is 12.1. The van der Waals surface area contributed by atoms with Gasteiger partial charge in [0.05, 0.1) is 5.02 Å². The van der Waals surface area contributed by atoms with Gasteiger partial charge < -0.3 is 14.8 Å². The van der Waals surface area contributed by atoms with Gasteiger partial charge in [-0.1, -0.05) is 71.7 Å². The smallest absolute Gasteiger partial charge is 0.262 e. The van der Waals surface area contributed by atoms with Gasteiger partial charge in [-0.2, -0.15) is 5.26 Å². The van der Waals surface area contributed by atoms with Crippen molar-refractivity contribution in [1.82, 2.24) is 5.32 Å². The van der Waals surface area contributed by atoms with Gasteiger partial charge in [0.15, 0.2) is 0 Å². The maximum Gasteiger partial charge on any atom is 0.262 e. The molecule has 1 N–H and O–H groups in total. The second-order valence-electron chi connectivity index (χ2n) is 7.56. The number of carbonyl (C=O) groups excluding carboxylic acids is 1. The fourth-order valence-electron chi connectivity index (χ4n) is 3.33. The first-order valence-corrected chi connectivity index (χ1v) is 11.4. The highest BCUT2D eigenvalue weighted by Crippen LogP contribution is 2.34. The molecular formula is C27H24Cl2N2O3. The Balaban J connectivity index is 1.72. The van der Waals surface area contributed by atoms with Crippen LogP contribution in [0.25, 0.3) is 6.08 Å². The minimum atomic E-state index is -0.508. The Labute approximate surface area is 209 Å². The maximum absolute atomic E-state index is 12.6. The molecule has 0 aliphatic carbocycles. The van der Waals surface area contributed by atoms with Crippen LogP contribution in [0.3, 0.4) is 0 Å². The predicted octanol–water partition coefficient (Wildman–Crippen LogP) is 6.29. The second-order valence-corrected chi connectivity index (χ2v) is 8.41. The highest BCUT2D eigenvalue weighted by atomic mass is 35.5. The number of nitrogens with zero attached hydrogens (tertiary/aromatic N) is 1. The third kappa shape index (κ3) is 6.77. The number of nitrogens with one attached hydrogen (secondary N) is 1. The van der Waals surface area contributed by atoms with Crippen molar-refractivity contribution < 1.29 is 14.3 Å². The van der Waals surface area contributed by atoms with E-state index in [4.69, 9.17) is 32.7 Å². The molecule has 0 radical (unpaired) electrons. The SMILES string of the molecule is Cc1cccc(C)c1OCCOc1c(Cl)cc(Cl)cc1/C=C(\C#N)C(=O)NCc1ccccc1. The minimum absolute atomic E-state index is 0.0918. The zero-order valence-corrected chi connectivity index (χ0v) is 20.4. The highest BCUT2D eigenvalue weighted by Gasteiger charge is 2.14. The summed E-state index contributed by atoms with van der Waals surface area (Å²) in [5, 5.41) is 12.9. The first kappa shape index (κ1) is 25.2. The van der Waals surface area contributed by atoms with E-state index in [0.717, 1.165) is 22.4 Å². The first-order chi connectivity index (χ1) is 16.4. The number of rotatable bonds is 9. The number of para-hydroxylation sites is 1. The van der Waals surface area contributed by atoms with E-state index in [0.29, 0.717) is 22.9 Å². The minimum Gasteiger partial charge on any atom is -0.489 e. The molecule has 0 aliphatic rings. The van der Waals surface area contributed by atoms with Crippen LogP contribution >= 0.6 is 23.2 Å². The average Bonchev–Trinajstić information content (AvgIpc) is 2.82. The highest BCUT2D eigenvalue weighted by molar-refractivity contribution is 6.36. The summed E-state index contributed by atoms with van der Waals surface area (Å²) in [7, 11) is 0. The van der Waals surface area contributed by atoms with Crippen molar-refractivity contribution >= 4 is 35.2 Å². The number of amides is 1. The maximum atomic E-state index is 12.6. The number of carbonyl (C=O) groups is 1. The number of hydrogen-bond acceptors (Lipinski definition) is 4. The summed E-state index contributed by atoms with van der Waals surface area (Å²) in [5.41, 5.74) is 3.33. The predicted molar refractivity (Wildman–Crippen MR) is 135 cm³/mol. The number of aryl methyl sites for hydroxylation is 2. The van der Waals surface area contributed by atoms with Gasteiger partial charge in [-0.15, -0.1) is 0 Å². The molecular weight excluding hydrogens is 471 g/mol. The van der Waals surface area contributed by atoms with E-state index in [1.165, 1.54) is 6.08 Å². The quantitative estimate of drug-likeness (QED) is 0.215. The van der Waals surface area contributed by atoms with Crippen molar-refractivity contribution in [3.8, 4) is 17.6 Å². The van der Waals surface area contributed by atoms with Gasteiger partial charge in [-0.05, 0) is 48.7 Å². The van der Waals surface area contributed by atoms with Crippen LogP contribution in [0.1, 0.15) is 22.3 Å². The molecule has 174 valence electrons. The molecule has 7 heteroatoms. The van der Waals surface area contributed by atoms with Crippen LogP contribution in [0.2, 0.25) is 10.0 Å². The third-order valence-electron chi connectivity index (χ3n) is 4.98. The molecule has 0 unspecified atom stereocenters. The first-order valence-electron chi connectivity index (χ1n) is 10.6. The van der Waals surface area contributed by atoms with E-state index in [-0.39, 0.29) is 23.8 Å². The summed E-state index contributed by atoms with van der Waals surface area (Å²) in [5.74, 6) is 0.627. The average molecular weight is 495 g/mol. The van der Waals surface area contributed by atoms with Gasteiger partial charge in [0.25, 0.3) is 5.91 Å². The zero-order valence-electron chi connectivity index (χ0n) is 18.9. The number of ether oxygens (including phenoxy) is 2. The summed E-state index contributed by atoms with van der Waals surface area (Å²) < 4.78 is 11.8. The number of halogens is 2. The largest absolute Gasteiger partial charge is 0.489 e. The van der Waals surface area contributed by atoms with Crippen LogP contribution in [0.5, 0.6) is 11.5 Å². The van der Waals surface area contributed by atoms with E-state index >= 15 is 0 Å². The Hall–Kier alpha value is -3.46. The molecule has 0 heterocycles. The van der Waals surface area contributed by atoms with Crippen LogP contribution < -0.4 is 14.8 Å². The topological polar surface area (TPSA) is 71.3 Å². The van der Waals surface area contributed by atoms with Gasteiger partial charge in [0, 0.05) is 17.1 Å². The number of hydrogen-bond donors (Lipinski definition) is 1. The summed E-state index contributed by atoms with van der Waals surface area (Å²) in [6.07, 6.45) is 1.42. The van der Waals surface area contributed by atoms with E-state index < -0.39 is 5.91 Å². The Morgan fingerprint density at radius 3 is 2.26 bits per heavy atom. The molecule has 0 bridgehead atoms. The van der Waals surface area contributed by atoms with Crippen molar-refractivity contribution in [1.29, 1.82) is 5.26 Å². The van der Waals surface area contributed by atoms with E-state index in [9.17, 15) is 10.1 Å². The van der Waals surface area contributed by atoms with Gasteiger partial charge in [0.2, 0.25) is 0 Å². The number of nitriles is 1. The van der Waals surface area contributed by atoms with Crippen LogP contribution in [0, 0.1) is 25.2 Å². The van der Waals surface area contributed by atoms with Crippen LogP contribution in [0.4, 0.5) is 0 Å². The van der Waals surface area contributed by atoms with Gasteiger partial charge in [0.1, 0.15) is 36.4 Å².